The molecule has 0 aliphatic heterocycles. The molecule has 126 valence electrons. The number of aryl methyl sites for hydroxylation is 1. The fraction of sp³-hybridized carbons (Fsp3) is 0.100. The third kappa shape index (κ3) is 4.45. The minimum Gasteiger partial charge on any atom is -0.354 e. The summed E-state index contributed by atoms with van der Waals surface area (Å²) < 4.78 is 1.01. The number of hydrogen-bond acceptors (Lipinski definition) is 3. The number of halogens is 1. The van der Waals surface area contributed by atoms with Crippen molar-refractivity contribution in [3.63, 3.8) is 0 Å². The Balaban J connectivity index is 1.76. The van der Waals surface area contributed by atoms with Crippen LogP contribution in [0.25, 0.3) is 0 Å². The van der Waals surface area contributed by atoms with Crippen molar-refractivity contribution >= 4 is 38.9 Å². The van der Waals surface area contributed by atoms with Crippen molar-refractivity contribution in [2.24, 2.45) is 0 Å². The minimum atomic E-state index is -0.173. The number of anilines is 3. The number of aromatic nitrogens is 1. The molecule has 5 heteroatoms. The van der Waals surface area contributed by atoms with Crippen LogP contribution < -0.4 is 10.6 Å². The van der Waals surface area contributed by atoms with E-state index in [4.69, 9.17) is 0 Å². The molecule has 25 heavy (non-hydrogen) atoms. The molecule has 2 N–H and O–H groups in total. The van der Waals surface area contributed by atoms with Gasteiger partial charge in [-0.25, -0.2) is 0 Å². The molecule has 1 amide bonds. The highest BCUT2D eigenvalue weighted by Crippen LogP contribution is 2.21. The maximum atomic E-state index is 12.5. The van der Waals surface area contributed by atoms with Crippen LogP contribution >= 0.6 is 15.9 Å². The van der Waals surface area contributed by atoms with Crippen LogP contribution in [0.1, 0.15) is 22.8 Å². The molecular formula is C20H18BrN3O. The zero-order chi connectivity index (χ0) is 17.6. The number of hydrogen-bond donors (Lipinski definition) is 2. The van der Waals surface area contributed by atoms with Crippen LogP contribution in [0, 0.1) is 0 Å². The SMILES string of the molecule is CCc1ccccc1NC(=O)c1cncc(Nc2ccc(Br)cc2)c1. The Morgan fingerprint density at radius 2 is 1.80 bits per heavy atom. The quantitative estimate of drug-likeness (QED) is 0.607. The molecule has 0 saturated carbocycles. The van der Waals surface area contributed by atoms with Crippen molar-refractivity contribution in [2.75, 3.05) is 10.6 Å². The van der Waals surface area contributed by atoms with Crippen molar-refractivity contribution in [3.05, 3.63) is 82.6 Å². The fourth-order valence-electron chi connectivity index (χ4n) is 2.48. The van der Waals surface area contributed by atoms with Crippen LogP contribution in [0.3, 0.4) is 0 Å². The predicted octanol–water partition coefficient (Wildman–Crippen LogP) is 5.40. The van der Waals surface area contributed by atoms with Gasteiger partial charge in [-0.1, -0.05) is 41.1 Å². The smallest absolute Gasteiger partial charge is 0.257 e. The van der Waals surface area contributed by atoms with Gasteiger partial charge in [-0.05, 0) is 48.4 Å². The van der Waals surface area contributed by atoms with E-state index in [0.717, 1.165) is 33.5 Å². The third-order valence-electron chi connectivity index (χ3n) is 3.78. The number of amides is 1. The molecule has 2 aromatic carbocycles. The lowest BCUT2D eigenvalue weighted by Crippen LogP contribution is -2.13. The average molecular weight is 396 g/mol. The van der Waals surface area contributed by atoms with Crippen molar-refractivity contribution in [2.45, 2.75) is 13.3 Å². The lowest BCUT2D eigenvalue weighted by Gasteiger charge is -2.11. The average Bonchev–Trinajstić information content (AvgIpc) is 2.64. The zero-order valence-corrected chi connectivity index (χ0v) is 15.4. The number of carbonyl (C=O) groups excluding carboxylic acids is 1. The molecule has 3 aromatic rings. The van der Waals surface area contributed by atoms with Crippen LogP contribution in [0.15, 0.2) is 71.5 Å². The van der Waals surface area contributed by atoms with Crippen LogP contribution in [-0.4, -0.2) is 10.9 Å². The highest BCUT2D eigenvalue weighted by molar-refractivity contribution is 9.10. The first-order valence-electron chi connectivity index (χ1n) is 8.02. The highest BCUT2D eigenvalue weighted by Gasteiger charge is 2.09. The largest absolute Gasteiger partial charge is 0.354 e. The van der Waals surface area contributed by atoms with E-state index in [9.17, 15) is 4.79 Å². The Morgan fingerprint density at radius 1 is 1.04 bits per heavy atom. The Morgan fingerprint density at radius 3 is 2.56 bits per heavy atom. The van der Waals surface area contributed by atoms with Gasteiger partial charge in [0.05, 0.1) is 17.4 Å². The second kappa shape index (κ2) is 7.94. The van der Waals surface area contributed by atoms with E-state index in [1.54, 1.807) is 18.5 Å². The monoisotopic (exact) mass is 395 g/mol. The van der Waals surface area contributed by atoms with E-state index in [-0.39, 0.29) is 5.91 Å². The second-order valence-electron chi connectivity index (χ2n) is 5.56. The molecule has 0 atom stereocenters. The molecule has 0 fully saturated rings. The Kier molecular flexibility index (Phi) is 5.46. The highest BCUT2D eigenvalue weighted by atomic mass is 79.9. The van der Waals surface area contributed by atoms with Gasteiger partial charge in [0.2, 0.25) is 0 Å². The van der Waals surface area contributed by atoms with Crippen molar-refractivity contribution < 1.29 is 4.79 Å². The Hall–Kier alpha value is -2.66. The standard InChI is InChI=1S/C20H18BrN3O/c1-2-14-5-3-4-6-19(14)24-20(25)15-11-18(13-22-12-15)23-17-9-7-16(21)8-10-17/h3-13,23H,2H2,1H3,(H,24,25). The summed E-state index contributed by atoms with van der Waals surface area (Å²) in [5.74, 6) is -0.173. The van der Waals surface area contributed by atoms with Gasteiger partial charge in [-0.2, -0.15) is 0 Å². The molecule has 0 spiro atoms. The van der Waals surface area contributed by atoms with Gasteiger partial charge < -0.3 is 10.6 Å². The van der Waals surface area contributed by atoms with Gasteiger partial charge in [0.1, 0.15) is 0 Å². The van der Waals surface area contributed by atoms with Crippen LogP contribution in [-0.2, 0) is 6.42 Å². The summed E-state index contributed by atoms with van der Waals surface area (Å²) in [5, 5.41) is 6.21. The molecule has 0 saturated heterocycles. The molecule has 1 heterocycles. The zero-order valence-electron chi connectivity index (χ0n) is 13.8. The van der Waals surface area contributed by atoms with E-state index in [1.165, 1.54) is 0 Å². The van der Waals surface area contributed by atoms with Crippen LogP contribution in [0.2, 0.25) is 0 Å². The second-order valence-corrected chi connectivity index (χ2v) is 6.47. The first-order chi connectivity index (χ1) is 12.2. The Labute approximate surface area is 155 Å². The topological polar surface area (TPSA) is 54.0 Å². The summed E-state index contributed by atoms with van der Waals surface area (Å²) in [7, 11) is 0. The van der Waals surface area contributed by atoms with Gasteiger partial charge >= 0.3 is 0 Å². The summed E-state index contributed by atoms with van der Waals surface area (Å²) >= 11 is 3.41. The fourth-order valence-corrected chi connectivity index (χ4v) is 2.74. The van der Waals surface area contributed by atoms with Crippen LogP contribution in [0.5, 0.6) is 0 Å². The molecule has 0 unspecified atom stereocenters. The number of benzene rings is 2. The molecule has 0 aliphatic rings. The Bertz CT molecular complexity index is 878. The predicted molar refractivity (Wildman–Crippen MR) is 105 cm³/mol. The molecular weight excluding hydrogens is 378 g/mol. The molecule has 1 aromatic heterocycles. The number of carbonyl (C=O) groups is 1. The van der Waals surface area contributed by atoms with Crippen molar-refractivity contribution in [1.82, 2.24) is 4.98 Å². The van der Waals surface area contributed by atoms with Crippen molar-refractivity contribution in [1.29, 1.82) is 0 Å². The molecule has 0 bridgehead atoms. The third-order valence-corrected chi connectivity index (χ3v) is 4.31. The van der Waals surface area contributed by atoms with Gasteiger partial charge in [0.15, 0.2) is 0 Å². The number of rotatable bonds is 5. The summed E-state index contributed by atoms with van der Waals surface area (Å²) in [6, 6.07) is 17.4. The van der Waals surface area contributed by atoms with E-state index in [0.29, 0.717) is 5.56 Å². The van der Waals surface area contributed by atoms with Gasteiger partial charge in [0, 0.05) is 22.0 Å². The summed E-state index contributed by atoms with van der Waals surface area (Å²) in [4.78, 5) is 16.7. The first-order valence-corrected chi connectivity index (χ1v) is 8.82. The lowest BCUT2D eigenvalue weighted by molar-refractivity contribution is 0.102. The van der Waals surface area contributed by atoms with E-state index < -0.39 is 0 Å². The maximum absolute atomic E-state index is 12.5. The minimum absolute atomic E-state index is 0.173. The molecule has 4 nitrogen and oxygen atoms in total. The van der Waals surface area contributed by atoms with Crippen molar-refractivity contribution in [3.8, 4) is 0 Å². The molecule has 0 aliphatic carbocycles. The summed E-state index contributed by atoms with van der Waals surface area (Å²) in [6.45, 7) is 2.06. The van der Waals surface area contributed by atoms with Crippen LogP contribution in [0.4, 0.5) is 17.1 Å². The van der Waals surface area contributed by atoms with E-state index >= 15 is 0 Å². The summed E-state index contributed by atoms with van der Waals surface area (Å²) in [5.41, 5.74) is 4.14. The maximum Gasteiger partial charge on any atom is 0.257 e. The number of para-hydroxylation sites is 1. The number of pyridine rings is 1. The van der Waals surface area contributed by atoms with Gasteiger partial charge in [-0.15, -0.1) is 0 Å². The molecule has 3 rings (SSSR count). The van der Waals surface area contributed by atoms with Gasteiger partial charge in [0.25, 0.3) is 5.91 Å². The lowest BCUT2D eigenvalue weighted by atomic mass is 10.1. The molecule has 0 radical (unpaired) electrons. The number of nitrogens with one attached hydrogen (secondary N) is 2. The van der Waals surface area contributed by atoms with Gasteiger partial charge in [-0.3, -0.25) is 9.78 Å². The summed E-state index contributed by atoms with van der Waals surface area (Å²) in [6.07, 6.45) is 4.12. The van der Waals surface area contributed by atoms with E-state index in [1.807, 2.05) is 48.5 Å². The first kappa shape index (κ1) is 17.2. The van der Waals surface area contributed by atoms with E-state index in [2.05, 4.69) is 38.5 Å². The number of nitrogens with zero attached hydrogens (tertiary/aromatic N) is 1. The normalized spacial score (nSPS) is 10.3.